The van der Waals surface area contributed by atoms with Gasteiger partial charge in [0.2, 0.25) is 0 Å². The minimum absolute atomic E-state index is 0.0765. The molecule has 0 aromatic carbocycles. The predicted octanol–water partition coefficient (Wildman–Crippen LogP) is 0.975. The van der Waals surface area contributed by atoms with Gasteiger partial charge in [0.05, 0.1) is 6.42 Å². The van der Waals surface area contributed by atoms with Crippen molar-refractivity contribution in [3.8, 4) is 0 Å². The maximum Gasteiger partial charge on any atom is 0.317 e. The highest BCUT2D eigenvalue weighted by molar-refractivity contribution is 5.76. The number of amides is 2. The van der Waals surface area contributed by atoms with E-state index in [-0.39, 0.29) is 12.5 Å². The molecule has 2 N–H and O–H groups in total. The van der Waals surface area contributed by atoms with Gasteiger partial charge in [-0.3, -0.25) is 4.79 Å². The SMILES string of the molecule is CN(C)C1CCN(C(=O)NC(C)(C)CC(=O)O)CC1. The molecule has 1 saturated heterocycles. The van der Waals surface area contributed by atoms with Gasteiger partial charge in [0, 0.05) is 24.7 Å². The third-order valence-electron chi connectivity index (χ3n) is 3.52. The van der Waals surface area contributed by atoms with E-state index in [4.69, 9.17) is 5.11 Å². The summed E-state index contributed by atoms with van der Waals surface area (Å²) in [5.41, 5.74) is -0.721. The number of hydrogen-bond acceptors (Lipinski definition) is 3. The van der Waals surface area contributed by atoms with Crippen molar-refractivity contribution < 1.29 is 14.7 Å². The van der Waals surface area contributed by atoms with Crippen LogP contribution in [0.4, 0.5) is 4.79 Å². The molecular weight excluding hydrogens is 246 g/mol. The van der Waals surface area contributed by atoms with Crippen LogP contribution in [0.1, 0.15) is 33.1 Å². The van der Waals surface area contributed by atoms with Crippen LogP contribution in [0, 0.1) is 0 Å². The van der Waals surface area contributed by atoms with Crippen molar-refractivity contribution in [2.45, 2.75) is 44.7 Å². The molecule has 1 heterocycles. The molecule has 1 fully saturated rings. The fourth-order valence-electron chi connectivity index (χ4n) is 2.38. The van der Waals surface area contributed by atoms with Crippen molar-refractivity contribution in [3.63, 3.8) is 0 Å². The van der Waals surface area contributed by atoms with E-state index in [2.05, 4.69) is 24.3 Å². The van der Waals surface area contributed by atoms with E-state index in [1.54, 1.807) is 18.7 Å². The van der Waals surface area contributed by atoms with E-state index in [1.165, 1.54) is 0 Å². The van der Waals surface area contributed by atoms with Crippen molar-refractivity contribution in [3.05, 3.63) is 0 Å². The number of carboxylic acid groups (broad SMARTS) is 1. The predicted molar refractivity (Wildman–Crippen MR) is 73.1 cm³/mol. The number of urea groups is 1. The number of likely N-dealkylation sites (tertiary alicyclic amines) is 1. The first-order chi connectivity index (χ1) is 8.71. The third-order valence-corrected chi connectivity index (χ3v) is 3.52. The van der Waals surface area contributed by atoms with Gasteiger partial charge in [0.1, 0.15) is 0 Å². The minimum Gasteiger partial charge on any atom is -0.481 e. The van der Waals surface area contributed by atoms with Crippen LogP contribution in [-0.2, 0) is 4.79 Å². The second kappa shape index (κ2) is 6.23. The summed E-state index contributed by atoms with van der Waals surface area (Å²) in [6, 6.07) is 0.361. The maximum atomic E-state index is 12.1. The van der Waals surface area contributed by atoms with Crippen molar-refractivity contribution in [2.24, 2.45) is 0 Å². The molecule has 0 aromatic heterocycles. The van der Waals surface area contributed by atoms with Gasteiger partial charge in [-0.15, -0.1) is 0 Å². The van der Waals surface area contributed by atoms with E-state index < -0.39 is 11.5 Å². The molecule has 0 unspecified atom stereocenters. The van der Waals surface area contributed by atoms with Gasteiger partial charge in [0.25, 0.3) is 0 Å². The first kappa shape index (κ1) is 15.8. The van der Waals surface area contributed by atoms with Crippen molar-refractivity contribution >= 4 is 12.0 Å². The molecule has 2 amide bonds. The zero-order valence-corrected chi connectivity index (χ0v) is 12.3. The van der Waals surface area contributed by atoms with Crippen molar-refractivity contribution in [2.75, 3.05) is 27.2 Å². The smallest absolute Gasteiger partial charge is 0.317 e. The van der Waals surface area contributed by atoms with Gasteiger partial charge >= 0.3 is 12.0 Å². The molecule has 1 aliphatic rings. The summed E-state index contributed by atoms with van der Waals surface area (Å²) in [5.74, 6) is -0.906. The van der Waals surface area contributed by atoms with Crippen LogP contribution < -0.4 is 5.32 Å². The first-order valence-corrected chi connectivity index (χ1v) is 6.66. The molecule has 6 heteroatoms. The monoisotopic (exact) mass is 271 g/mol. The molecule has 0 atom stereocenters. The summed E-state index contributed by atoms with van der Waals surface area (Å²) >= 11 is 0. The highest BCUT2D eigenvalue weighted by atomic mass is 16.4. The Morgan fingerprint density at radius 2 is 1.84 bits per heavy atom. The van der Waals surface area contributed by atoms with Gasteiger partial charge in [-0.25, -0.2) is 4.79 Å². The van der Waals surface area contributed by atoms with Gasteiger partial charge < -0.3 is 20.2 Å². The molecule has 0 bridgehead atoms. The summed E-state index contributed by atoms with van der Waals surface area (Å²) in [4.78, 5) is 26.8. The summed E-state index contributed by atoms with van der Waals surface area (Å²) in [6.07, 6.45) is 1.84. The summed E-state index contributed by atoms with van der Waals surface area (Å²) in [6.45, 7) is 4.90. The molecule has 19 heavy (non-hydrogen) atoms. The van der Waals surface area contributed by atoms with Crippen LogP contribution in [0.2, 0.25) is 0 Å². The number of carboxylic acids is 1. The molecule has 0 spiro atoms. The second-order valence-corrected chi connectivity index (χ2v) is 6.07. The number of hydrogen-bond donors (Lipinski definition) is 2. The van der Waals surface area contributed by atoms with E-state index >= 15 is 0 Å². The van der Waals surface area contributed by atoms with Crippen LogP contribution in [0.25, 0.3) is 0 Å². The Labute approximate surface area is 114 Å². The number of rotatable bonds is 4. The highest BCUT2D eigenvalue weighted by Crippen LogP contribution is 2.15. The second-order valence-electron chi connectivity index (χ2n) is 6.07. The fourth-order valence-corrected chi connectivity index (χ4v) is 2.38. The van der Waals surface area contributed by atoms with Crippen LogP contribution in [0.3, 0.4) is 0 Å². The van der Waals surface area contributed by atoms with E-state index in [0.717, 1.165) is 25.9 Å². The topological polar surface area (TPSA) is 72.9 Å². The number of nitrogens with zero attached hydrogens (tertiary/aromatic N) is 2. The van der Waals surface area contributed by atoms with Gasteiger partial charge in [-0.05, 0) is 40.8 Å². The Morgan fingerprint density at radius 3 is 2.26 bits per heavy atom. The number of aliphatic carboxylic acids is 1. The normalized spacial score (nSPS) is 17.6. The molecule has 0 saturated carbocycles. The van der Waals surface area contributed by atoms with Gasteiger partial charge in [0.15, 0.2) is 0 Å². The quantitative estimate of drug-likeness (QED) is 0.799. The summed E-state index contributed by atoms with van der Waals surface area (Å²) in [5, 5.41) is 11.6. The number of piperidine rings is 1. The van der Waals surface area contributed by atoms with Gasteiger partial charge in [-0.2, -0.15) is 0 Å². The zero-order valence-electron chi connectivity index (χ0n) is 12.3. The maximum absolute atomic E-state index is 12.1. The van der Waals surface area contributed by atoms with E-state index in [9.17, 15) is 9.59 Å². The average Bonchev–Trinajstić information content (AvgIpc) is 2.26. The molecule has 1 aliphatic heterocycles. The van der Waals surface area contributed by atoms with E-state index in [1.807, 2.05) is 0 Å². The minimum atomic E-state index is -0.906. The zero-order chi connectivity index (χ0) is 14.6. The molecule has 110 valence electrons. The molecule has 0 radical (unpaired) electrons. The lowest BCUT2D eigenvalue weighted by molar-refractivity contribution is -0.138. The lowest BCUT2D eigenvalue weighted by Crippen LogP contribution is -2.54. The Morgan fingerprint density at radius 1 is 1.32 bits per heavy atom. The Kier molecular flexibility index (Phi) is 5.17. The average molecular weight is 271 g/mol. The number of carbonyl (C=O) groups is 2. The van der Waals surface area contributed by atoms with Crippen LogP contribution in [0.5, 0.6) is 0 Å². The third kappa shape index (κ3) is 5.06. The molecular formula is C13H25N3O3. The van der Waals surface area contributed by atoms with Crippen molar-refractivity contribution in [1.29, 1.82) is 0 Å². The van der Waals surface area contributed by atoms with Crippen LogP contribution in [-0.4, -0.2) is 65.7 Å². The van der Waals surface area contributed by atoms with E-state index in [0.29, 0.717) is 6.04 Å². The van der Waals surface area contributed by atoms with Gasteiger partial charge in [-0.1, -0.05) is 0 Å². The first-order valence-electron chi connectivity index (χ1n) is 6.66. The standard InChI is InChI=1S/C13H25N3O3/c1-13(2,9-11(17)18)14-12(19)16-7-5-10(6-8-16)15(3)4/h10H,5-9H2,1-4H3,(H,14,19)(H,17,18). The number of carbonyl (C=O) groups excluding carboxylic acids is 1. The number of nitrogens with one attached hydrogen (secondary N) is 1. The Balaban J connectivity index is 2.45. The lowest BCUT2D eigenvalue weighted by atomic mass is 10.0. The molecule has 0 aliphatic carbocycles. The van der Waals surface area contributed by atoms with Crippen molar-refractivity contribution in [1.82, 2.24) is 15.1 Å². The largest absolute Gasteiger partial charge is 0.481 e. The molecule has 0 aromatic rings. The van der Waals surface area contributed by atoms with Crippen LogP contribution >= 0.6 is 0 Å². The lowest BCUT2D eigenvalue weighted by Gasteiger charge is -2.37. The van der Waals surface area contributed by atoms with Crippen LogP contribution in [0.15, 0.2) is 0 Å². The Hall–Kier alpha value is -1.30. The highest BCUT2D eigenvalue weighted by Gasteiger charge is 2.29. The fraction of sp³-hybridized carbons (Fsp3) is 0.846. The summed E-state index contributed by atoms with van der Waals surface area (Å²) in [7, 11) is 4.10. The molecule has 1 rings (SSSR count). The molecule has 6 nitrogen and oxygen atoms in total. The summed E-state index contributed by atoms with van der Waals surface area (Å²) < 4.78 is 0. The Bertz CT molecular complexity index is 334.